The normalized spacial score (nSPS) is 10.7. The second kappa shape index (κ2) is 4.70. The van der Waals surface area contributed by atoms with Crippen molar-refractivity contribution in [2.75, 3.05) is 0 Å². The number of fused-ring (bicyclic) bond motifs is 1. The van der Waals surface area contributed by atoms with Gasteiger partial charge in [-0.3, -0.25) is 9.78 Å². The van der Waals surface area contributed by atoms with E-state index in [1.807, 2.05) is 42.5 Å². The Morgan fingerprint density at radius 2 is 1.94 bits per heavy atom. The lowest BCUT2D eigenvalue weighted by atomic mass is 10.00. The lowest BCUT2D eigenvalue weighted by molar-refractivity contribution is 0.0995. The van der Waals surface area contributed by atoms with Crippen molar-refractivity contribution in [3.05, 3.63) is 64.6 Å². The molecule has 3 aromatic rings. The summed E-state index contributed by atoms with van der Waals surface area (Å²) in [6, 6.07) is 13.8. The summed E-state index contributed by atoms with van der Waals surface area (Å²) in [6.45, 7) is 0. The highest BCUT2D eigenvalue weighted by molar-refractivity contribution is 7.09. The number of benzene rings is 2. The molecule has 0 bridgehead atoms. The second-order valence-corrected chi connectivity index (χ2v) is 5.07. The molecule has 3 heteroatoms. The molecule has 2 nitrogen and oxygen atoms in total. The standard InChI is InChI=1S/C15H11NOS/c17-15(8-12-9-16-10-18-12)14-7-3-5-11-4-1-2-6-13(11)14/h1-7,9-10H,8H2. The molecule has 0 atom stereocenters. The van der Waals surface area contributed by atoms with Gasteiger partial charge in [-0.15, -0.1) is 11.3 Å². The first kappa shape index (κ1) is 11.1. The van der Waals surface area contributed by atoms with Crippen molar-refractivity contribution in [2.24, 2.45) is 0 Å². The van der Waals surface area contributed by atoms with Gasteiger partial charge in [0.1, 0.15) is 0 Å². The number of rotatable bonds is 3. The third-order valence-electron chi connectivity index (χ3n) is 2.91. The first-order valence-electron chi connectivity index (χ1n) is 5.73. The maximum Gasteiger partial charge on any atom is 0.168 e. The quantitative estimate of drug-likeness (QED) is 0.666. The third kappa shape index (κ3) is 2.05. The molecule has 18 heavy (non-hydrogen) atoms. The predicted molar refractivity (Wildman–Crippen MR) is 74.1 cm³/mol. The van der Waals surface area contributed by atoms with Crippen LogP contribution in [0.25, 0.3) is 10.8 Å². The zero-order valence-electron chi connectivity index (χ0n) is 9.67. The van der Waals surface area contributed by atoms with E-state index in [-0.39, 0.29) is 5.78 Å². The Kier molecular flexibility index (Phi) is 2.90. The molecule has 0 amide bonds. The van der Waals surface area contributed by atoms with E-state index >= 15 is 0 Å². The summed E-state index contributed by atoms with van der Waals surface area (Å²) >= 11 is 1.52. The van der Waals surface area contributed by atoms with E-state index in [1.54, 1.807) is 11.7 Å². The number of hydrogen-bond donors (Lipinski definition) is 0. The molecule has 0 unspecified atom stereocenters. The molecular formula is C15H11NOS. The summed E-state index contributed by atoms with van der Waals surface area (Å²) in [5.74, 6) is 0.149. The van der Waals surface area contributed by atoms with Gasteiger partial charge >= 0.3 is 0 Å². The molecule has 0 spiro atoms. The van der Waals surface area contributed by atoms with Crippen molar-refractivity contribution in [1.82, 2.24) is 4.98 Å². The average molecular weight is 253 g/mol. The van der Waals surface area contributed by atoms with Crippen LogP contribution in [0.4, 0.5) is 0 Å². The van der Waals surface area contributed by atoms with Crippen LogP contribution in [0.5, 0.6) is 0 Å². The lowest BCUT2D eigenvalue weighted by Crippen LogP contribution is -2.02. The topological polar surface area (TPSA) is 30.0 Å². The summed E-state index contributed by atoms with van der Waals surface area (Å²) in [5.41, 5.74) is 2.55. The van der Waals surface area contributed by atoms with Crippen LogP contribution in [0.1, 0.15) is 15.2 Å². The fourth-order valence-electron chi connectivity index (χ4n) is 2.05. The highest BCUT2D eigenvalue weighted by Crippen LogP contribution is 2.20. The zero-order valence-corrected chi connectivity index (χ0v) is 10.5. The van der Waals surface area contributed by atoms with Gasteiger partial charge < -0.3 is 0 Å². The Morgan fingerprint density at radius 3 is 2.78 bits per heavy atom. The van der Waals surface area contributed by atoms with E-state index in [4.69, 9.17) is 0 Å². The van der Waals surface area contributed by atoms with Gasteiger partial charge in [0.25, 0.3) is 0 Å². The number of carbonyl (C=O) groups excluding carboxylic acids is 1. The van der Waals surface area contributed by atoms with Gasteiger partial charge in [0.05, 0.1) is 5.51 Å². The molecule has 88 valence electrons. The van der Waals surface area contributed by atoms with E-state index in [2.05, 4.69) is 4.98 Å². The van der Waals surface area contributed by atoms with E-state index < -0.39 is 0 Å². The largest absolute Gasteiger partial charge is 0.294 e. The molecule has 0 radical (unpaired) electrons. The van der Waals surface area contributed by atoms with E-state index in [0.29, 0.717) is 6.42 Å². The Bertz CT molecular complexity index is 683. The number of nitrogens with zero attached hydrogens (tertiary/aromatic N) is 1. The minimum atomic E-state index is 0.149. The van der Waals surface area contributed by atoms with Crippen LogP contribution in [0, 0.1) is 0 Å². The van der Waals surface area contributed by atoms with Gasteiger partial charge in [-0.25, -0.2) is 0 Å². The SMILES string of the molecule is O=C(Cc1cncs1)c1cccc2ccccc12. The number of thiazole rings is 1. The number of aromatic nitrogens is 1. The number of Topliss-reactive ketones (excluding diaryl/α,β-unsaturated/α-hetero) is 1. The molecular weight excluding hydrogens is 242 g/mol. The molecule has 0 saturated carbocycles. The molecule has 0 aliphatic rings. The van der Waals surface area contributed by atoms with Crippen molar-refractivity contribution in [3.8, 4) is 0 Å². The highest BCUT2D eigenvalue weighted by Gasteiger charge is 2.11. The number of carbonyl (C=O) groups is 1. The molecule has 1 heterocycles. The Hall–Kier alpha value is -2.00. The fraction of sp³-hybridized carbons (Fsp3) is 0.0667. The van der Waals surface area contributed by atoms with Crippen LogP contribution in [0.2, 0.25) is 0 Å². The zero-order chi connectivity index (χ0) is 12.4. The van der Waals surface area contributed by atoms with Crippen LogP contribution in [0.15, 0.2) is 54.2 Å². The Balaban J connectivity index is 2.01. The number of ketones is 1. The van der Waals surface area contributed by atoms with Crippen LogP contribution < -0.4 is 0 Å². The maximum absolute atomic E-state index is 12.3. The summed E-state index contributed by atoms with van der Waals surface area (Å²) in [5, 5.41) is 2.13. The van der Waals surface area contributed by atoms with E-state index in [9.17, 15) is 4.79 Å². The lowest BCUT2D eigenvalue weighted by Gasteiger charge is -2.04. The van der Waals surface area contributed by atoms with E-state index in [0.717, 1.165) is 21.2 Å². The van der Waals surface area contributed by atoms with Crippen molar-refractivity contribution in [1.29, 1.82) is 0 Å². The second-order valence-electron chi connectivity index (χ2n) is 4.09. The number of hydrogen-bond acceptors (Lipinski definition) is 3. The van der Waals surface area contributed by atoms with Gasteiger partial charge in [0.2, 0.25) is 0 Å². The van der Waals surface area contributed by atoms with Crippen LogP contribution >= 0.6 is 11.3 Å². The maximum atomic E-state index is 12.3. The summed E-state index contributed by atoms with van der Waals surface area (Å²) < 4.78 is 0. The van der Waals surface area contributed by atoms with Gasteiger partial charge in [-0.1, -0.05) is 42.5 Å². The first-order valence-corrected chi connectivity index (χ1v) is 6.61. The van der Waals surface area contributed by atoms with Gasteiger partial charge in [0, 0.05) is 23.1 Å². The van der Waals surface area contributed by atoms with Crippen LogP contribution in [0.3, 0.4) is 0 Å². The van der Waals surface area contributed by atoms with Gasteiger partial charge in [-0.05, 0) is 10.8 Å². The monoisotopic (exact) mass is 253 g/mol. The molecule has 0 fully saturated rings. The Morgan fingerprint density at radius 1 is 1.11 bits per heavy atom. The van der Waals surface area contributed by atoms with E-state index in [1.165, 1.54) is 11.3 Å². The summed E-state index contributed by atoms with van der Waals surface area (Å²) in [7, 11) is 0. The van der Waals surface area contributed by atoms with Crippen molar-refractivity contribution >= 4 is 27.9 Å². The van der Waals surface area contributed by atoms with Crippen LogP contribution in [-0.4, -0.2) is 10.8 Å². The van der Waals surface area contributed by atoms with Crippen LogP contribution in [-0.2, 0) is 6.42 Å². The molecule has 0 saturated heterocycles. The smallest absolute Gasteiger partial charge is 0.168 e. The van der Waals surface area contributed by atoms with Gasteiger partial charge in [-0.2, -0.15) is 0 Å². The average Bonchev–Trinajstić information content (AvgIpc) is 2.91. The minimum absolute atomic E-state index is 0.149. The predicted octanol–water partition coefficient (Wildman–Crippen LogP) is 3.72. The van der Waals surface area contributed by atoms with Gasteiger partial charge in [0.15, 0.2) is 5.78 Å². The Labute approximate surface area is 109 Å². The molecule has 3 rings (SSSR count). The van der Waals surface area contributed by atoms with Crippen molar-refractivity contribution in [3.63, 3.8) is 0 Å². The molecule has 0 N–H and O–H groups in total. The molecule has 2 aromatic carbocycles. The summed E-state index contributed by atoms with van der Waals surface area (Å²) in [6.07, 6.45) is 2.19. The van der Waals surface area contributed by atoms with Crippen molar-refractivity contribution in [2.45, 2.75) is 6.42 Å². The first-order chi connectivity index (χ1) is 8.84. The molecule has 0 aliphatic carbocycles. The highest BCUT2D eigenvalue weighted by atomic mass is 32.1. The minimum Gasteiger partial charge on any atom is -0.294 e. The molecule has 0 aliphatic heterocycles. The third-order valence-corrected chi connectivity index (χ3v) is 3.69. The molecule has 1 aromatic heterocycles. The van der Waals surface area contributed by atoms with Crippen molar-refractivity contribution < 1.29 is 4.79 Å². The summed E-state index contributed by atoms with van der Waals surface area (Å²) in [4.78, 5) is 17.3. The fourth-order valence-corrected chi connectivity index (χ4v) is 2.64.